The van der Waals surface area contributed by atoms with E-state index in [9.17, 15) is 0 Å². The minimum Gasteiger partial charge on any atom is -0.368 e. The van der Waals surface area contributed by atoms with Gasteiger partial charge in [-0.05, 0) is 5.92 Å². The number of imidazole rings is 1. The number of nitrogens with two attached hydrogens (primary N) is 1. The Hall–Kier alpha value is -1.91. The van der Waals surface area contributed by atoms with Crippen molar-refractivity contribution in [2.75, 3.05) is 5.73 Å². The van der Waals surface area contributed by atoms with Gasteiger partial charge in [0.15, 0.2) is 5.65 Å². The number of hydrogen-bond acceptors (Lipinski definition) is 4. The van der Waals surface area contributed by atoms with Crippen LogP contribution >= 0.6 is 0 Å². The number of H-pyrrole nitrogens is 1. The Morgan fingerprint density at radius 1 is 1.47 bits per heavy atom. The molecule has 0 aromatic carbocycles. The Balaban J connectivity index is 0.000000195. The largest absolute Gasteiger partial charge is 0.368 e. The van der Waals surface area contributed by atoms with Crippen LogP contribution in [0.1, 0.15) is 13.8 Å². The van der Waals surface area contributed by atoms with E-state index >= 15 is 0 Å². The van der Waals surface area contributed by atoms with E-state index in [1.807, 2.05) is 6.08 Å². The molecule has 0 spiro atoms. The maximum absolute atomic E-state index is 5.31. The summed E-state index contributed by atoms with van der Waals surface area (Å²) in [5.41, 5.74) is 6.71. The van der Waals surface area contributed by atoms with Crippen LogP contribution in [0.15, 0.2) is 25.2 Å². The number of nitrogen functional groups attached to an aromatic ring is 1. The molecule has 2 heterocycles. The van der Waals surface area contributed by atoms with Crippen molar-refractivity contribution >= 4 is 17.1 Å². The second-order valence-corrected chi connectivity index (χ2v) is 3.35. The molecule has 0 radical (unpaired) electrons. The van der Waals surface area contributed by atoms with Crippen molar-refractivity contribution in [2.24, 2.45) is 5.92 Å². The molecule has 0 unspecified atom stereocenters. The lowest BCUT2D eigenvalue weighted by Gasteiger charge is -1.87. The van der Waals surface area contributed by atoms with Crippen molar-refractivity contribution in [3.8, 4) is 0 Å². The van der Waals surface area contributed by atoms with Gasteiger partial charge in [-0.2, -0.15) is 4.98 Å². The number of rotatable bonds is 1. The molecule has 0 saturated heterocycles. The minimum absolute atomic E-state index is 0.250. The van der Waals surface area contributed by atoms with Crippen molar-refractivity contribution < 1.29 is 0 Å². The zero-order valence-corrected chi connectivity index (χ0v) is 8.94. The second-order valence-electron chi connectivity index (χ2n) is 3.35. The van der Waals surface area contributed by atoms with E-state index in [1.165, 1.54) is 0 Å². The van der Waals surface area contributed by atoms with Crippen molar-refractivity contribution in [1.29, 1.82) is 0 Å². The minimum atomic E-state index is 0.250. The van der Waals surface area contributed by atoms with Gasteiger partial charge >= 0.3 is 0 Å². The SMILES string of the molecule is C=CC(C)C.Nc1ncc2[nH]cnc2n1. The highest BCUT2D eigenvalue weighted by molar-refractivity contribution is 5.69. The fraction of sp³-hybridized carbons (Fsp3) is 0.300. The van der Waals surface area contributed by atoms with Gasteiger partial charge in [0.1, 0.15) is 5.52 Å². The Kier molecular flexibility index (Phi) is 3.79. The molecular weight excluding hydrogens is 190 g/mol. The van der Waals surface area contributed by atoms with Crippen LogP contribution in [-0.2, 0) is 0 Å². The zero-order valence-electron chi connectivity index (χ0n) is 8.94. The lowest BCUT2D eigenvalue weighted by atomic mass is 10.2. The van der Waals surface area contributed by atoms with Gasteiger partial charge in [-0.25, -0.2) is 9.97 Å². The number of nitrogens with zero attached hydrogens (tertiary/aromatic N) is 3. The van der Waals surface area contributed by atoms with Crippen LogP contribution in [0.3, 0.4) is 0 Å². The summed E-state index contributed by atoms with van der Waals surface area (Å²) >= 11 is 0. The second kappa shape index (κ2) is 5.09. The predicted octanol–water partition coefficient (Wildman–Crippen LogP) is 1.76. The summed E-state index contributed by atoms with van der Waals surface area (Å²) in [7, 11) is 0. The molecule has 2 aromatic rings. The molecule has 5 nitrogen and oxygen atoms in total. The highest BCUT2D eigenvalue weighted by Crippen LogP contribution is 2.03. The fourth-order valence-electron chi connectivity index (χ4n) is 0.749. The van der Waals surface area contributed by atoms with E-state index in [0.29, 0.717) is 11.6 Å². The standard InChI is InChI=1S/C5H5N5.C5H10/c6-5-7-1-3-4(10-5)9-2-8-3;1-4-5(2)3/h1-2H,(H3,6,7,8,9,10);4-5H,1H2,2-3H3. The number of allylic oxidation sites excluding steroid dienone is 1. The van der Waals surface area contributed by atoms with E-state index in [-0.39, 0.29) is 5.95 Å². The quantitative estimate of drug-likeness (QED) is 0.695. The van der Waals surface area contributed by atoms with E-state index in [2.05, 4.69) is 40.4 Å². The fourth-order valence-corrected chi connectivity index (χ4v) is 0.749. The van der Waals surface area contributed by atoms with Gasteiger partial charge in [-0.15, -0.1) is 6.58 Å². The summed E-state index contributed by atoms with van der Waals surface area (Å²) in [5, 5.41) is 0. The van der Waals surface area contributed by atoms with Gasteiger partial charge in [0.25, 0.3) is 0 Å². The Labute approximate surface area is 88.5 Å². The molecule has 0 saturated carbocycles. The van der Waals surface area contributed by atoms with Crippen LogP contribution in [0.5, 0.6) is 0 Å². The van der Waals surface area contributed by atoms with Crippen molar-refractivity contribution in [3.63, 3.8) is 0 Å². The van der Waals surface area contributed by atoms with Crippen LogP contribution in [0, 0.1) is 5.92 Å². The normalized spacial score (nSPS) is 9.80. The molecular formula is C10H15N5. The summed E-state index contributed by atoms with van der Waals surface area (Å²) < 4.78 is 0. The third-order valence-corrected chi connectivity index (χ3v) is 1.67. The Morgan fingerprint density at radius 2 is 2.13 bits per heavy atom. The summed E-state index contributed by atoms with van der Waals surface area (Å²) in [6, 6.07) is 0. The number of nitrogens with one attached hydrogen (secondary N) is 1. The van der Waals surface area contributed by atoms with Crippen molar-refractivity contribution in [1.82, 2.24) is 19.9 Å². The smallest absolute Gasteiger partial charge is 0.222 e. The summed E-state index contributed by atoms with van der Waals surface area (Å²) in [6.07, 6.45) is 5.07. The van der Waals surface area contributed by atoms with Crippen LogP contribution in [-0.4, -0.2) is 19.9 Å². The first-order chi connectivity index (χ1) is 7.13. The van der Waals surface area contributed by atoms with Crippen molar-refractivity contribution in [3.05, 3.63) is 25.2 Å². The van der Waals surface area contributed by atoms with Gasteiger partial charge in [0.2, 0.25) is 5.95 Å². The molecule has 15 heavy (non-hydrogen) atoms. The van der Waals surface area contributed by atoms with Gasteiger partial charge in [-0.3, -0.25) is 0 Å². The highest BCUT2D eigenvalue weighted by atomic mass is 15.1. The number of hydrogen-bond donors (Lipinski definition) is 2. The molecule has 3 N–H and O–H groups in total. The first-order valence-corrected chi connectivity index (χ1v) is 4.67. The van der Waals surface area contributed by atoms with Crippen LogP contribution in [0.2, 0.25) is 0 Å². The van der Waals surface area contributed by atoms with Crippen LogP contribution < -0.4 is 5.73 Å². The van der Waals surface area contributed by atoms with E-state index in [0.717, 1.165) is 5.52 Å². The maximum atomic E-state index is 5.31. The molecule has 0 amide bonds. The molecule has 0 aliphatic carbocycles. The van der Waals surface area contributed by atoms with Crippen LogP contribution in [0.25, 0.3) is 11.2 Å². The molecule has 5 heteroatoms. The molecule has 0 atom stereocenters. The summed E-state index contributed by atoms with van der Waals surface area (Å²) in [4.78, 5) is 14.4. The molecule has 0 aliphatic rings. The summed E-state index contributed by atoms with van der Waals surface area (Å²) in [6.45, 7) is 7.77. The molecule has 0 fully saturated rings. The third kappa shape index (κ3) is 3.38. The zero-order chi connectivity index (χ0) is 11.3. The van der Waals surface area contributed by atoms with Gasteiger partial charge in [0, 0.05) is 0 Å². The Morgan fingerprint density at radius 3 is 2.73 bits per heavy atom. The van der Waals surface area contributed by atoms with E-state index in [4.69, 9.17) is 5.73 Å². The number of anilines is 1. The van der Waals surface area contributed by atoms with E-state index < -0.39 is 0 Å². The number of aromatic amines is 1. The Bertz CT molecular complexity index is 432. The lowest BCUT2D eigenvalue weighted by molar-refractivity contribution is 0.835. The molecule has 0 bridgehead atoms. The highest BCUT2D eigenvalue weighted by Gasteiger charge is 1.95. The topological polar surface area (TPSA) is 80.5 Å². The molecule has 0 aliphatic heterocycles. The number of fused-ring (bicyclic) bond motifs is 1. The van der Waals surface area contributed by atoms with Crippen molar-refractivity contribution in [2.45, 2.75) is 13.8 Å². The number of aromatic nitrogens is 4. The van der Waals surface area contributed by atoms with Gasteiger partial charge < -0.3 is 10.7 Å². The summed E-state index contributed by atoms with van der Waals surface area (Å²) in [5.74, 6) is 0.898. The van der Waals surface area contributed by atoms with Gasteiger partial charge in [-0.1, -0.05) is 19.9 Å². The first kappa shape index (κ1) is 11.2. The van der Waals surface area contributed by atoms with Gasteiger partial charge in [0.05, 0.1) is 12.5 Å². The maximum Gasteiger partial charge on any atom is 0.222 e. The average Bonchev–Trinajstić information content (AvgIpc) is 2.65. The first-order valence-electron chi connectivity index (χ1n) is 4.67. The molecule has 2 aromatic heterocycles. The average molecular weight is 205 g/mol. The van der Waals surface area contributed by atoms with Crippen LogP contribution in [0.4, 0.5) is 5.95 Å². The third-order valence-electron chi connectivity index (χ3n) is 1.67. The molecule has 2 rings (SSSR count). The molecule has 80 valence electrons. The predicted molar refractivity (Wildman–Crippen MR) is 61.1 cm³/mol. The van der Waals surface area contributed by atoms with E-state index in [1.54, 1.807) is 12.5 Å². The monoisotopic (exact) mass is 205 g/mol. The lowest BCUT2D eigenvalue weighted by Crippen LogP contribution is -1.93.